The Morgan fingerprint density at radius 3 is 2.47 bits per heavy atom. The molecule has 8 heteroatoms. The van der Waals surface area contributed by atoms with E-state index in [0.717, 1.165) is 56.2 Å². The molecule has 2 N–H and O–H groups in total. The average molecular weight is 436 g/mol. The number of amides is 3. The first-order valence-electron chi connectivity index (χ1n) is 11.0. The predicted octanol–water partition coefficient (Wildman–Crippen LogP) is 2.77. The van der Waals surface area contributed by atoms with E-state index in [1.54, 1.807) is 12.0 Å². The van der Waals surface area contributed by atoms with Crippen molar-refractivity contribution in [3.8, 4) is 0 Å². The van der Waals surface area contributed by atoms with Crippen molar-refractivity contribution in [3.05, 3.63) is 22.4 Å². The van der Waals surface area contributed by atoms with Gasteiger partial charge < -0.3 is 20.3 Å². The van der Waals surface area contributed by atoms with E-state index in [-0.39, 0.29) is 18.0 Å². The van der Waals surface area contributed by atoms with Crippen LogP contribution in [0.25, 0.3) is 0 Å². The van der Waals surface area contributed by atoms with E-state index in [4.69, 9.17) is 4.74 Å². The third-order valence-electron chi connectivity index (χ3n) is 6.03. The topological polar surface area (TPSA) is 87.7 Å². The molecule has 3 amide bonds. The summed E-state index contributed by atoms with van der Waals surface area (Å²) in [6.45, 7) is 0.751. The number of nitrogens with zero attached hydrogens (tertiary/aromatic N) is 1. The molecular weight excluding hydrogens is 402 g/mol. The lowest BCUT2D eigenvalue weighted by atomic mass is 9.95. The van der Waals surface area contributed by atoms with Gasteiger partial charge >= 0.3 is 11.8 Å². The van der Waals surface area contributed by atoms with E-state index in [1.807, 2.05) is 17.5 Å². The van der Waals surface area contributed by atoms with Gasteiger partial charge in [-0.2, -0.15) is 0 Å². The van der Waals surface area contributed by atoms with Gasteiger partial charge in [0.1, 0.15) is 6.04 Å². The summed E-state index contributed by atoms with van der Waals surface area (Å²) >= 11 is 1.43. The van der Waals surface area contributed by atoms with Gasteiger partial charge in [-0.05, 0) is 37.1 Å². The van der Waals surface area contributed by atoms with Crippen LogP contribution >= 0.6 is 11.3 Å². The minimum atomic E-state index is -0.797. The molecule has 0 spiro atoms. The number of hydrogen-bond acceptors (Lipinski definition) is 5. The maximum atomic E-state index is 13.4. The lowest BCUT2D eigenvalue weighted by molar-refractivity contribution is -0.152. The number of rotatable bonds is 8. The van der Waals surface area contributed by atoms with Gasteiger partial charge in [0.2, 0.25) is 5.91 Å². The Morgan fingerprint density at radius 2 is 1.83 bits per heavy atom. The number of ether oxygens (including phenoxy) is 1. The molecule has 1 heterocycles. The molecule has 30 heavy (non-hydrogen) atoms. The second-order valence-electron chi connectivity index (χ2n) is 8.16. The van der Waals surface area contributed by atoms with Gasteiger partial charge in [-0.1, -0.05) is 38.2 Å². The maximum Gasteiger partial charge on any atom is 0.313 e. The van der Waals surface area contributed by atoms with Crippen molar-refractivity contribution in [2.24, 2.45) is 0 Å². The van der Waals surface area contributed by atoms with Crippen LogP contribution in [0, 0.1) is 0 Å². The molecule has 7 nitrogen and oxygen atoms in total. The smallest absolute Gasteiger partial charge is 0.313 e. The quantitative estimate of drug-likeness (QED) is 0.486. The molecule has 2 saturated carbocycles. The maximum absolute atomic E-state index is 13.4. The Morgan fingerprint density at radius 1 is 1.13 bits per heavy atom. The first-order valence-corrected chi connectivity index (χ1v) is 11.9. The zero-order chi connectivity index (χ0) is 21.3. The van der Waals surface area contributed by atoms with Crippen LogP contribution in [0.3, 0.4) is 0 Å². The molecule has 2 aliphatic rings. The summed E-state index contributed by atoms with van der Waals surface area (Å²) in [4.78, 5) is 41.8. The molecule has 2 fully saturated rings. The van der Waals surface area contributed by atoms with Crippen molar-refractivity contribution in [2.75, 3.05) is 20.3 Å². The molecular formula is C22H33N3O4S. The summed E-state index contributed by atoms with van der Waals surface area (Å²) in [5, 5.41) is 7.70. The van der Waals surface area contributed by atoms with E-state index in [0.29, 0.717) is 13.2 Å². The van der Waals surface area contributed by atoms with Gasteiger partial charge in [0.15, 0.2) is 0 Å². The zero-order valence-corrected chi connectivity index (χ0v) is 18.5. The van der Waals surface area contributed by atoms with Crippen LogP contribution in [0.4, 0.5) is 0 Å². The summed E-state index contributed by atoms with van der Waals surface area (Å²) in [5.41, 5.74) is 0. The Bertz CT molecular complexity index is 697. The zero-order valence-electron chi connectivity index (χ0n) is 17.7. The molecule has 0 aliphatic heterocycles. The van der Waals surface area contributed by atoms with Crippen molar-refractivity contribution in [1.29, 1.82) is 0 Å². The van der Waals surface area contributed by atoms with E-state index < -0.39 is 17.9 Å². The van der Waals surface area contributed by atoms with Gasteiger partial charge in [0.05, 0.1) is 6.61 Å². The van der Waals surface area contributed by atoms with Crippen molar-refractivity contribution in [2.45, 2.75) is 75.9 Å². The SMILES string of the molecule is COCCNC(=O)C(c1cccs1)N(C(=O)C(=O)NC1CCCCC1)C1CCCC1. The monoisotopic (exact) mass is 435 g/mol. The Hall–Kier alpha value is -1.93. The fraction of sp³-hybridized carbons (Fsp3) is 0.682. The first-order chi connectivity index (χ1) is 14.6. The predicted molar refractivity (Wildman–Crippen MR) is 116 cm³/mol. The fourth-order valence-electron chi connectivity index (χ4n) is 4.50. The summed E-state index contributed by atoms with van der Waals surface area (Å²) in [6, 6.07) is 2.88. The number of carbonyl (C=O) groups is 3. The van der Waals surface area contributed by atoms with Crippen LogP contribution in [-0.4, -0.2) is 55.0 Å². The Balaban J connectivity index is 1.82. The van der Waals surface area contributed by atoms with Gasteiger partial charge in [0, 0.05) is 30.6 Å². The highest BCUT2D eigenvalue weighted by Crippen LogP contribution is 2.33. The highest BCUT2D eigenvalue weighted by molar-refractivity contribution is 7.10. The molecule has 0 aromatic carbocycles. The van der Waals surface area contributed by atoms with E-state index in [2.05, 4.69) is 10.6 Å². The lowest BCUT2D eigenvalue weighted by Gasteiger charge is -2.35. The van der Waals surface area contributed by atoms with Crippen LogP contribution in [-0.2, 0) is 19.1 Å². The Labute approximate surface area is 182 Å². The van der Waals surface area contributed by atoms with E-state index in [9.17, 15) is 14.4 Å². The van der Waals surface area contributed by atoms with Crippen LogP contribution in [0.15, 0.2) is 17.5 Å². The normalized spacial score (nSPS) is 18.7. The standard InChI is InChI=1S/C22H33N3O4S/c1-29-14-13-23-20(26)19(18-12-7-15-30-18)25(17-10-5-6-11-17)22(28)21(27)24-16-8-3-2-4-9-16/h7,12,15-17,19H,2-6,8-11,13-14H2,1H3,(H,23,26)(H,24,27). The molecule has 0 radical (unpaired) electrons. The van der Waals surface area contributed by atoms with Gasteiger partial charge in [-0.3, -0.25) is 14.4 Å². The molecule has 166 valence electrons. The molecule has 0 bridgehead atoms. The second kappa shape index (κ2) is 11.5. The molecule has 1 unspecified atom stereocenters. The van der Waals surface area contributed by atoms with Crippen molar-refractivity contribution in [1.82, 2.24) is 15.5 Å². The number of hydrogen-bond donors (Lipinski definition) is 2. The average Bonchev–Trinajstić information content (AvgIpc) is 3.46. The summed E-state index contributed by atoms with van der Waals surface area (Å²) in [6.07, 6.45) is 8.78. The van der Waals surface area contributed by atoms with Crippen LogP contribution in [0.5, 0.6) is 0 Å². The first kappa shape index (κ1) is 22.7. The molecule has 1 aromatic heterocycles. The minimum Gasteiger partial charge on any atom is -0.383 e. The molecule has 1 atom stereocenters. The summed E-state index contributed by atoms with van der Waals surface area (Å²) in [7, 11) is 1.58. The highest BCUT2D eigenvalue weighted by atomic mass is 32.1. The third-order valence-corrected chi connectivity index (χ3v) is 6.96. The fourth-order valence-corrected chi connectivity index (χ4v) is 5.32. The molecule has 1 aromatic rings. The highest BCUT2D eigenvalue weighted by Gasteiger charge is 2.40. The van der Waals surface area contributed by atoms with Crippen LogP contribution < -0.4 is 10.6 Å². The number of methoxy groups -OCH3 is 1. The largest absolute Gasteiger partial charge is 0.383 e. The van der Waals surface area contributed by atoms with Gasteiger partial charge in [0.25, 0.3) is 0 Å². The molecule has 2 aliphatic carbocycles. The second-order valence-corrected chi connectivity index (χ2v) is 9.14. The van der Waals surface area contributed by atoms with Gasteiger partial charge in [-0.25, -0.2) is 0 Å². The molecule has 3 rings (SSSR count). The number of nitrogens with one attached hydrogen (secondary N) is 2. The van der Waals surface area contributed by atoms with Gasteiger partial charge in [-0.15, -0.1) is 11.3 Å². The third kappa shape index (κ3) is 5.82. The number of carbonyl (C=O) groups excluding carboxylic acids is 3. The van der Waals surface area contributed by atoms with E-state index >= 15 is 0 Å². The Kier molecular flexibility index (Phi) is 8.69. The van der Waals surface area contributed by atoms with E-state index in [1.165, 1.54) is 17.8 Å². The van der Waals surface area contributed by atoms with Crippen molar-refractivity contribution >= 4 is 29.1 Å². The lowest BCUT2D eigenvalue weighted by Crippen LogP contribution is -2.54. The summed E-state index contributed by atoms with van der Waals surface area (Å²) in [5.74, 6) is -1.44. The van der Waals surface area contributed by atoms with Crippen LogP contribution in [0.2, 0.25) is 0 Å². The number of thiophene rings is 1. The van der Waals surface area contributed by atoms with Crippen molar-refractivity contribution in [3.63, 3.8) is 0 Å². The van der Waals surface area contributed by atoms with Crippen LogP contribution in [0.1, 0.15) is 68.7 Å². The molecule has 0 saturated heterocycles. The summed E-state index contributed by atoms with van der Waals surface area (Å²) < 4.78 is 5.04. The minimum absolute atomic E-state index is 0.0522. The van der Waals surface area contributed by atoms with Crippen molar-refractivity contribution < 1.29 is 19.1 Å².